The van der Waals surface area contributed by atoms with Crippen LogP contribution in [0.25, 0.3) is 67.2 Å². The maximum Gasteiger partial charge on any atom is 0.164 e. The average molecular weight is 671 g/mol. The molecule has 0 spiro atoms. The Morgan fingerprint density at radius 2 is 1.02 bits per heavy atom. The Kier molecular flexibility index (Phi) is 7.83. The fraction of sp³-hybridized carbons (Fsp3) is 0. The molecule has 9 aromatic rings. The lowest BCUT2D eigenvalue weighted by Gasteiger charge is -2.14. The predicted molar refractivity (Wildman–Crippen MR) is 209 cm³/mol. The zero-order chi connectivity index (χ0) is 34.9. The molecule has 0 aliphatic heterocycles. The highest BCUT2D eigenvalue weighted by molar-refractivity contribution is 6.15. The van der Waals surface area contributed by atoms with Crippen molar-refractivity contribution in [3.05, 3.63) is 181 Å². The topological polar surface area (TPSA) is 101 Å². The highest BCUT2D eigenvalue weighted by Gasteiger charge is 2.16. The van der Waals surface area contributed by atoms with Gasteiger partial charge in [-0.25, -0.2) is 15.0 Å². The highest BCUT2D eigenvalue weighted by Crippen LogP contribution is 2.36. The number of nitrogens with zero attached hydrogens (tertiary/aromatic N) is 4. The van der Waals surface area contributed by atoms with Gasteiger partial charge < -0.3 is 9.73 Å². The number of benzene rings is 6. The van der Waals surface area contributed by atoms with Gasteiger partial charge in [-0.3, -0.25) is 10.4 Å². The first kappa shape index (κ1) is 30.8. The summed E-state index contributed by atoms with van der Waals surface area (Å²) in [7, 11) is 0. The molecule has 0 unspecified atom stereocenters. The van der Waals surface area contributed by atoms with Crippen molar-refractivity contribution in [3.63, 3.8) is 0 Å². The minimum absolute atomic E-state index is 0.431. The van der Waals surface area contributed by atoms with E-state index in [1.54, 1.807) is 12.4 Å². The lowest BCUT2D eigenvalue weighted by atomic mass is 9.96. The van der Waals surface area contributed by atoms with E-state index in [0.29, 0.717) is 23.2 Å². The summed E-state index contributed by atoms with van der Waals surface area (Å²) in [6, 6.07) is 52.1. The number of furan rings is 1. The fourth-order valence-corrected chi connectivity index (χ4v) is 6.44. The first-order valence-corrected chi connectivity index (χ1v) is 17.0. The quantitative estimate of drug-likeness (QED) is 0.156. The second-order valence-corrected chi connectivity index (χ2v) is 12.4. The molecule has 3 heterocycles. The third kappa shape index (κ3) is 5.97. The number of para-hydroxylation sites is 1. The van der Waals surface area contributed by atoms with Gasteiger partial charge in [0.15, 0.2) is 17.5 Å². The molecule has 0 fully saturated rings. The highest BCUT2D eigenvalue weighted by atomic mass is 16.3. The predicted octanol–water partition coefficient (Wildman–Crippen LogP) is 11.0. The number of anilines is 2. The molecule has 3 aromatic heterocycles. The van der Waals surface area contributed by atoms with Gasteiger partial charge in [0.1, 0.15) is 11.2 Å². The molecule has 246 valence electrons. The van der Waals surface area contributed by atoms with Gasteiger partial charge in [0.05, 0.1) is 5.71 Å². The van der Waals surface area contributed by atoms with E-state index >= 15 is 0 Å². The molecule has 6 aromatic carbocycles. The Hall–Kier alpha value is -7.25. The van der Waals surface area contributed by atoms with Crippen molar-refractivity contribution < 1.29 is 4.42 Å². The Bertz CT molecular complexity index is 2670. The smallest absolute Gasteiger partial charge is 0.164 e. The molecule has 9 rings (SSSR count). The second-order valence-electron chi connectivity index (χ2n) is 12.4. The van der Waals surface area contributed by atoms with Crippen molar-refractivity contribution in [2.45, 2.75) is 0 Å². The number of nitrogens with one attached hydrogen (secondary N) is 2. The van der Waals surface area contributed by atoms with Gasteiger partial charge in [0.2, 0.25) is 0 Å². The summed E-state index contributed by atoms with van der Waals surface area (Å²) in [6.45, 7) is 0. The average Bonchev–Trinajstić information content (AvgIpc) is 3.59. The van der Waals surface area contributed by atoms with Crippen LogP contribution in [0, 0.1) is 5.41 Å². The summed E-state index contributed by atoms with van der Waals surface area (Å²) in [4.78, 5) is 18.8. The van der Waals surface area contributed by atoms with Gasteiger partial charge in [0.25, 0.3) is 0 Å². The summed E-state index contributed by atoms with van der Waals surface area (Å²) < 4.78 is 6.30. The SMILES string of the molecule is N=C(c1cccc(-c2ccc3oc4ccc(-c5nc(-c6ccccc6)nc(-c6ccccc6)n5)cc4c3c2)c1)c1ccccc1Nc1ccncc1. The summed E-state index contributed by atoms with van der Waals surface area (Å²) in [5.41, 5.74) is 10.1. The number of hydrogen-bond donors (Lipinski definition) is 2. The maximum absolute atomic E-state index is 9.21. The Morgan fingerprint density at radius 3 is 1.69 bits per heavy atom. The monoisotopic (exact) mass is 670 g/mol. The number of rotatable bonds is 8. The molecule has 7 heteroatoms. The Morgan fingerprint density at radius 1 is 0.481 bits per heavy atom. The van der Waals surface area contributed by atoms with Crippen LogP contribution in [0.5, 0.6) is 0 Å². The van der Waals surface area contributed by atoms with Crippen LogP contribution in [0.3, 0.4) is 0 Å². The molecule has 0 amide bonds. The lowest BCUT2D eigenvalue weighted by molar-refractivity contribution is 0.669. The maximum atomic E-state index is 9.21. The standard InChI is InChI=1S/C45H30N6O/c46-42(36-16-7-8-17-39(36)48-35-22-24-47-25-23-35)33-15-9-14-31(26-33)32-18-20-40-37(27-32)38-28-34(19-21-41(38)52-40)45-50-43(29-10-3-1-4-11-29)49-44(51-45)30-12-5-2-6-13-30/h1-28,46H,(H,47,48). The number of pyridine rings is 1. The first-order chi connectivity index (χ1) is 25.7. The molecule has 0 aliphatic rings. The van der Waals surface area contributed by atoms with Crippen molar-refractivity contribution in [2.24, 2.45) is 0 Å². The van der Waals surface area contributed by atoms with Gasteiger partial charge in [-0.2, -0.15) is 0 Å². The van der Waals surface area contributed by atoms with Crippen LogP contribution in [0.1, 0.15) is 11.1 Å². The molecule has 0 bridgehead atoms. The van der Waals surface area contributed by atoms with Gasteiger partial charge in [-0.1, -0.05) is 103 Å². The van der Waals surface area contributed by atoms with E-state index in [4.69, 9.17) is 19.4 Å². The van der Waals surface area contributed by atoms with Crippen LogP contribution in [0.15, 0.2) is 175 Å². The molecule has 7 nitrogen and oxygen atoms in total. The van der Waals surface area contributed by atoms with Crippen molar-refractivity contribution in [1.29, 1.82) is 5.41 Å². The molecule has 0 saturated heterocycles. The largest absolute Gasteiger partial charge is 0.456 e. The third-order valence-corrected chi connectivity index (χ3v) is 9.07. The van der Waals surface area contributed by atoms with Crippen LogP contribution < -0.4 is 5.32 Å². The summed E-state index contributed by atoms with van der Waals surface area (Å²) in [5, 5.41) is 14.6. The van der Waals surface area contributed by atoms with Crippen LogP contribution in [-0.4, -0.2) is 25.6 Å². The molecule has 0 saturated carbocycles. The van der Waals surface area contributed by atoms with E-state index in [2.05, 4.69) is 40.6 Å². The zero-order valence-electron chi connectivity index (χ0n) is 27.9. The van der Waals surface area contributed by atoms with Crippen molar-refractivity contribution in [3.8, 4) is 45.3 Å². The van der Waals surface area contributed by atoms with Crippen LogP contribution >= 0.6 is 0 Å². The minimum atomic E-state index is 0.431. The molecule has 2 N–H and O–H groups in total. The van der Waals surface area contributed by atoms with E-state index in [1.165, 1.54) is 0 Å². The van der Waals surface area contributed by atoms with Crippen molar-refractivity contribution in [2.75, 3.05) is 5.32 Å². The van der Waals surface area contributed by atoms with E-state index in [1.807, 2.05) is 127 Å². The fourth-order valence-electron chi connectivity index (χ4n) is 6.44. The van der Waals surface area contributed by atoms with E-state index in [0.717, 1.165) is 72.3 Å². The normalized spacial score (nSPS) is 11.2. The second kappa shape index (κ2) is 13.2. The van der Waals surface area contributed by atoms with Gasteiger partial charge in [-0.15, -0.1) is 0 Å². The van der Waals surface area contributed by atoms with E-state index < -0.39 is 0 Å². The molecule has 0 aliphatic carbocycles. The molecule has 0 radical (unpaired) electrons. The molecular formula is C45H30N6O. The van der Waals surface area contributed by atoms with Gasteiger partial charge >= 0.3 is 0 Å². The number of aromatic nitrogens is 4. The third-order valence-electron chi connectivity index (χ3n) is 9.07. The molecular weight excluding hydrogens is 641 g/mol. The van der Waals surface area contributed by atoms with Crippen molar-refractivity contribution >= 4 is 39.0 Å². The molecule has 0 atom stereocenters. The minimum Gasteiger partial charge on any atom is -0.456 e. The Balaban J connectivity index is 1.09. The van der Waals surface area contributed by atoms with Crippen LogP contribution in [0.2, 0.25) is 0 Å². The summed E-state index contributed by atoms with van der Waals surface area (Å²) >= 11 is 0. The Labute approximate surface area is 299 Å². The van der Waals surface area contributed by atoms with Crippen molar-refractivity contribution in [1.82, 2.24) is 19.9 Å². The number of fused-ring (bicyclic) bond motifs is 3. The number of hydrogen-bond acceptors (Lipinski definition) is 7. The van der Waals surface area contributed by atoms with Gasteiger partial charge in [-0.05, 0) is 65.7 Å². The molecule has 52 heavy (non-hydrogen) atoms. The van der Waals surface area contributed by atoms with Gasteiger partial charge in [0, 0.05) is 62.4 Å². The summed E-state index contributed by atoms with van der Waals surface area (Å²) in [5.74, 6) is 1.82. The van der Waals surface area contributed by atoms with E-state index in [-0.39, 0.29) is 0 Å². The van der Waals surface area contributed by atoms with Crippen LogP contribution in [-0.2, 0) is 0 Å². The van der Waals surface area contributed by atoms with E-state index in [9.17, 15) is 5.41 Å². The zero-order valence-corrected chi connectivity index (χ0v) is 27.9. The lowest BCUT2D eigenvalue weighted by Crippen LogP contribution is -2.05. The van der Waals surface area contributed by atoms with Crippen LogP contribution in [0.4, 0.5) is 11.4 Å². The summed E-state index contributed by atoms with van der Waals surface area (Å²) in [6.07, 6.45) is 3.49. The first-order valence-electron chi connectivity index (χ1n) is 17.0.